The summed E-state index contributed by atoms with van der Waals surface area (Å²) in [6, 6.07) is -0.846. The molecule has 1 fully saturated rings. The number of ether oxygens (including phenoxy) is 1. The van der Waals surface area contributed by atoms with Gasteiger partial charge in [-0.3, -0.25) is 15.0 Å². The Morgan fingerprint density at radius 2 is 2.00 bits per heavy atom. The highest BCUT2D eigenvalue weighted by molar-refractivity contribution is 7.18. The zero-order valence-electron chi connectivity index (χ0n) is 15.5. The Balaban J connectivity index is 1.78. The number of imide groups is 1. The fourth-order valence-electron chi connectivity index (χ4n) is 2.95. The molecule has 0 saturated carbocycles. The third kappa shape index (κ3) is 4.90. The molecule has 0 aliphatic carbocycles. The van der Waals surface area contributed by atoms with E-state index in [9.17, 15) is 9.59 Å². The Kier molecular flexibility index (Phi) is 6.19. The SMILES string of the molecule is Cc1sc2nc(CN3CCOCC3)nc(NCCC(=O)NC(N)=O)c2c1C. The van der Waals surface area contributed by atoms with Crippen molar-refractivity contribution in [3.8, 4) is 0 Å². The fraction of sp³-hybridized carbons (Fsp3) is 0.529. The second-order valence-electron chi connectivity index (χ2n) is 6.43. The molecule has 10 heteroatoms. The molecule has 9 nitrogen and oxygen atoms in total. The van der Waals surface area contributed by atoms with Crippen molar-refractivity contribution in [3.05, 3.63) is 16.3 Å². The predicted molar refractivity (Wildman–Crippen MR) is 104 cm³/mol. The summed E-state index contributed by atoms with van der Waals surface area (Å²) in [7, 11) is 0. The summed E-state index contributed by atoms with van der Waals surface area (Å²) in [6.07, 6.45) is 0.120. The molecule has 146 valence electrons. The summed E-state index contributed by atoms with van der Waals surface area (Å²) in [5.41, 5.74) is 6.09. The van der Waals surface area contributed by atoms with Gasteiger partial charge in [0.25, 0.3) is 0 Å². The standard InChI is InChI=1S/C17H24N6O3S/c1-10-11(2)27-16-14(10)15(19-4-3-13(24)22-17(18)25)20-12(21-16)9-23-5-7-26-8-6-23/h3-9H2,1-2H3,(H,19,20,21)(H3,18,22,24,25). The molecule has 0 bridgehead atoms. The number of fused-ring (bicyclic) bond motifs is 1. The number of morpholine rings is 1. The summed E-state index contributed by atoms with van der Waals surface area (Å²) in [6.45, 7) is 8.28. The topological polar surface area (TPSA) is 122 Å². The summed E-state index contributed by atoms with van der Waals surface area (Å²) < 4.78 is 5.39. The van der Waals surface area contributed by atoms with Gasteiger partial charge in [0.15, 0.2) is 0 Å². The molecule has 3 rings (SSSR count). The molecule has 2 aromatic heterocycles. The number of aromatic nitrogens is 2. The second-order valence-corrected chi connectivity index (χ2v) is 7.63. The minimum Gasteiger partial charge on any atom is -0.379 e. The first kappa shape index (κ1) is 19.5. The van der Waals surface area contributed by atoms with Crippen molar-refractivity contribution in [2.45, 2.75) is 26.8 Å². The van der Waals surface area contributed by atoms with E-state index in [-0.39, 0.29) is 6.42 Å². The molecule has 0 atom stereocenters. The van der Waals surface area contributed by atoms with E-state index in [0.717, 1.165) is 53.7 Å². The third-order valence-electron chi connectivity index (χ3n) is 4.45. The van der Waals surface area contributed by atoms with Gasteiger partial charge < -0.3 is 15.8 Å². The summed E-state index contributed by atoms with van der Waals surface area (Å²) in [5.74, 6) is 1.04. The minimum atomic E-state index is -0.846. The number of nitrogens with two attached hydrogens (primary N) is 1. The van der Waals surface area contributed by atoms with E-state index >= 15 is 0 Å². The number of thiophene rings is 1. The number of carbonyl (C=O) groups excluding carboxylic acids is 2. The minimum absolute atomic E-state index is 0.120. The zero-order chi connectivity index (χ0) is 19.4. The Morgan fingerprint density at radius 1 is 1.26 bits per heavy atom. The van der Waals surface area contributed by atoms with Crippen LogP contribution in [0.2, 0.25) is 0 Å². The number of aryl methyl sites for hydroxylation is 2. The van der Waals surface area contributed by atoms with Gasteiger partial charge in [-0.15, -0.1) is 11.3 Å². The van der Waals surface area contributed by atoms with Crippen molar-refractivity contribution in [2.24, 2.45) is 5.73 Å². The van der Waals surface area contributed by atoms with Gasteiger partial charge in [0.05, 0.1) is 25.1 Å². The molecule has 1 aliphatic rings. The average molecular weight is 392 g/mol. The Labute approximate surface area is 161 Å². The highest BCUT2D eigenvalue weighted by Crippen LogP contribution is 2.33. The van der Waals surface area contributed by atoms with Gasteiger partial charge >= 0.3 is 6.03 Å². The largest absolute Gasteiger partial charge is 0.379 e. The Hall–Kier alpha value is -2.30. The first-order valence-electron chi connectivity index (χ1n) is 8.84. The van der Waals surface area contributed by atoms with E-state index in [0.29, 0.717) is 13.1 Å². The first-order chi connectivity index (χ1) is 12.9. The molecule has 0 radical (unpaired) electrons. The number of hydrogen-bond acceptors (Lipinski definition) is 8. The van der Waals surface area contributed by atoms with Crippen molar-refractivity contribution in [3.63, 3.8) is 0 Å². The van der Waals surface area contributed by atoms with Crippen LogP contribution in [-0.4, -0.2) is 59.7 Å². The molecule has 0 spiro atoms. The van der Waals surface area contributed by atoms with Crippen molar-refractivity contribution in [1.82, 2.24) is 20.2 Å². The number of primary amides is 1. The van der Waals surface area contributed by atoms with Crippen LogP contribution in [0, 0.1) is 13.8 Å². The summed E-state index contributed by atoms with van der Waals surface area (Å²) in [4.78, 5) is 36.2. The van der Waals surface area contributed by atoms with Gasteiger partial charge in [0.1, 0.15) is 16.5 Å². The first-order valence-corrected chi connectivity index (χ1v) is 9.65. The van der Waals surface area contributed by atoms with Gasteiger partial charge in [-0.25, -0.2) is 14.8 Å². The quantitative estimate of drug-likeness (QED) is 0.673. The van der Waals surface area contributed by atoms with Gasteiger partial charge in [-0.1, -0.05) is 0 Å². The molecule has 3 amide bonds. The van der Waals surface area contributed by atoms with E-state index in [2.05, 4.69) is 22.5 Å². The van der Waals surface area contributed by atoms with Crippen LogP contribution in [0.1, 0.15) is 22.7 Å². The van der Waals surface area contributed by atoms with Gasteiger partial charge in [0.2, 0.25) is 5.91 Å². The second kappa shape index (κ2) is 8.59. The fourth-order valence-corrected chi connectivity index (χ4v) is 3.99. The maximum Gasteiger partial charge on any atom is 0.318 e. The van der Waals surface area contributed by atoms with Crippen molar-refractivity contribution < 1.29 is 14.3 Å². The van der Waals surface area contributed by atoms with Crippen molar-refractivity contribution >= 4 is 39.3 Å². The molecule has 27 heavy (non-hydrogen) atoms. The van der Waals surface area contributed by atoms with E-state index in [1.165, 1.54) is 4.88 Å². The molecule has 0 aromatic carbocycles. The predicted octanol–water partition coefficient (Wildman–Crippen LogP) is 1.14. The lowest BCUT2D eigenvalue weighted by molar-refractivity contribution is -0.119. The molecular formula is C17H24N6O3S. The van der Waals surface area contributed by atoms with Crippen LogP contribution in [0.5, 0.6) is 0 Å². The normalized spacial score (nSPS) is 15.0. The molecule has 0 unspecified atom stereocenters. The highest BCUT2D eigenvalue weighted by atomic mass is 32.1. The number of amides is 3. The van der Waals surface area contributed by atoms with Crippen molar-refractivity contribution in [1.29, 1.82) is 0 Å². The van der Waals surface area contributed by atoms with Crippen LogP contribution in [0.25, 0.3) is 10.2 Å². The van der Waals surface area contributed by atoms with Gasteiger partial charge in [-0.2, -0.15) is 0 Å². The maximum absolute atomic E-state index is 11.6. The average Bonchev–Trinajstić information content (AvgIpc) is 2.89. The molecule has 1 saturated heterocycles. The van der Waals surface area contributed by atoms with E-state index in [4.69, 9.17) is 20.4 Å². The van der Waals surface area contributed by atoms with Crippen molar-refractivity contribution in [2.75, 3.05) is 38.2 Å². The zero-order valence-corrected chi connectivity index (χ0v) is 16.3. The molecule has 1 aliphatic heterocycles. The lowest BCUT2D eigenvalue weighted by Gasteiger charge is -2.25. The lowest BCUT2D eigenvalue weighted by Crippen LogP contribution is -2.36. The molecule has 4 N–H and O–H groups in total. The van der Waals surface area contributed by atoms with E-state index in [1.807, 2.05) is 6.92 Å². The Bertz CT molecular complexity index is 847. The van der Waals surface area contributed by atoms with Crippen LogP contribution in [0.15, 0.2) is 0 Å². The van der Waals surface area contributed by atoms with Crippen LogP contribution in [-0.2, 0) is 16.1 Å². The number of nitrogens with zero attached hydrogens (tertiary/aromatic N) is 3. The number of nitrogens with one attached hydrogen (secondary N) is 2. The van der Waals surface area contributed by atoms with Gasteiger partial charge in [0, 0.05) is 30.9 Å². The number of hydrogen-bond donors (Lipinski definition) is 3. The van der Waals surface area contributed by atoms with Crippen LogP contribution in [0.4, 0.5) is 10.6 Å². The van der Waals surface area contributed by atoms with Crippen LogP contribution in [0.3, 0.4) is 0 Å². The number of anilines is 1. The van der Waals surface area contributed by atoms with E-state index < -0.39 is 11.9 Å². The van der Waals surface area contributed by atoms with Gasteiger partial charge in [-0.05, 0) is 19.4 Å². The molecule has 2 aromatic rings. The smallest absolute Gasteiger partial charge is 0.318 e. The number of urea groups is 1. The van der Waals surface area contributed by atoms with E-state index in [1.54, 1.807) is 11.3 Å². The highest BCUT2D eigenvalue weighted by Gasteiger charge is 2.17. The summed E-state index contributed by atoms with van der Waals surface area (Å²) >= 11 is 1.64. The summed E-state index contributed by atoms with van der Waals surface area (Å²) in [5, 5.41) is 6.27. The van der Waals surface area contributed by atoms with Crippen LogP contribution < -0.4 is 16.4 Å². The molecular weight excluding hydrogens is 368 g/mol. The third-order valence-corrected chi connectivity index (χ3v) is 5.55. The lowest BCUT2D eigenvalue weighted by atomic mass is 10.2. The number of carbonyl (C=O) groups is 2. The maximum atomic E-state index is 11.6. The Morgan fingerprint density at radius 3 is 2.70 bits per heavy atom. The molecule has 3 heterocycles. The number of rotatable bonds is 6. The monoisotopic (exact) mass is 392 g/mol. The van der Waals surface area contributed by atoms with Crippen LogP contribution >= 0.6 is 11.3 Å².